The molecule has 22 heavy (non-hydrogen) atoms. The van der Waals surface area contributed by atoms with Crippen molar-refractivity contribution in [2.45, 2.75) is 0 Å². The Balaban J connectivity index is 1.66. The van der Waals surface area contributed by atoms with Gasteiger partial charge in [0.1, 0.15) is 11.0 Å². The first-order valence-electron chi connectivity index (χ1n) is 9.22. The number of nitrogens with one attached hydrogen (secondary N) is 1. The van der Waals surface area contributed by atoms with Crippen molar-refractivity contribution < 1.29 is 6.85 Å². The quantitative estimate of drug-likeness (QED) is 0.616. The zero-order chi connectivity index (χ0) is 19.1. The normalized spacial score (nSPS) is 13.9. The first-order valence-corrected chi connectivity index (χ1v) is 6.72. The molecular weight excluding hydrogens is 272 g/mol. The number of hydrogen-bond donors (Lipinski definition) is 1. The van der Waals surface area contributed by atoms with Crippen LogP contribution >= 0.6 is 0 Å². The highest BCUT2D eigenvalue weighted by atomic mass is 15.5. The summed E-state index contributed by atoms with van der Waals surface area (Å²) >= 11 is 0. The van der Waals surface area contributed by atoms with Gasteiger partial charge in [0.25, 0.3) is 0 Å². The van der Waals surface area contributed by atoms with Crippen molar-refractivity contribution in [2.24, 2.45) is 0 Å². The molecule has 0 saturated carbocycles. The molecule has 0 fully saturated rings. The van der Waals surface area contributed by atoms with Gasteiger partial charge in [-0.15, -0.1) is 10.2 Å². The van der Waals surface area contributed by atoms with Crippen LogP contribution in [-0.4, -0.2) is 15.0 Å². The lowest BCUT2D eigenvalue weighted by Crippen LogP contribution is -1.98. The molecule has 0 aliphatic rings. The predicted molar refractivity (Wildman–Crippen MR) is 88.6 cm³/mol. The smallest absolute Gasteiger partial charge is 0.113 e. The van der Waals surface area contributed by atoms with Crippen LogP contribution in [-0.2, 0) is 0 Å². The zero-order valence-corrected chi connectivity index (χ0v) is 11.5. The summed E-state index contributed by atoms with van der Waals surface area (Å²) in [6.07, 6.45) is 0. The summed E-state index contributed by atoms with van der Waals surface area (Å²) in [6, 6.07) is 12.9. The SMILES string of the molecule is [2H]c1c([2H])c([2H])c(Nc2ccc(-n3nc4ccccc4n3)cc2)c([2H])c1[2H]. The molecule has 4 nitrogen and oxygen atoms in total. The van der Waals surface area contributed by atoms with Crippen molar-refractivity contribution in [3.05, 3.63) is 78.7 Å². The second-order valence-electron chi connectivity index (χ2n) is 4.65. The molecule has 0 saturated heterocycles. The first-order chi connectivity index (χ1) is 13.0. The molecule has 1 N–H and O–H groups in total. The van der Waals surface area contributed by atoms with Crippen LogP contribution in [0.15, 0.2) is 78.7 Å². The number of hydrogen-bond acceptors (Lipinski definition) is 3. The van der Waals surface area contributed by atoms with Gasteiger partial charge in [-0.2, -0.15) is 4.80 Å². The Hall–Kier alpha value is -3.14. The molecule has 0 amide bonds. The van der Waals surface area contributed by atoms with E-state index < -0.39 is 6.04 Å². The Kier molecular flexibility index (Phi) is 2.02. The van der Waals surface area contributed by atoms with Crippen LogP contribution in [0, 0.1) is 0 Å². The van der Waals surface area contributed by atoms with Gasteiger partial charge in [-0.1, -0.05) is 30.3 Å². The fourth-order valence-corrected chi connectivity index (χ4v) is 2.11. The minimum Gasteiger partial charge on any atom is -0.356 e. The minimum atomic E-state index is -0.414. The van der Waals surface area contributed by atoms with Crippen molar-refractivity contribution in [2.75, 3.05) is 5.32 Å². The van der Waals surface area contributed by atoms with Gasteiger partial charge in [-0.3, -0.25) is 0 Å². The Morgan fingerprint density at radius 3 is 2.05 bits per heavy atom. The maximum absolute atomic E-state index is 7.96. The van der Waals surface area contributed by atoms with E-state index in [0.717, 1.165) is 16.7 Å². The van der Waals surface area contributed by atoms with Crippen molar-refractivity contribution in [3.8, 4) is 5.69 Å². The Morgan fingerprint density at radius 1 is 0.773 bits per heavy atom. The summed E-state index contributed by atoms with van der Waals surface area (Å²) in [6.45, 7) is 0. The van der Waals surface area contributed by atoms with E-state index in [1.54, 1.807) is 24.3 Å². The summed E-state index contributed by atoms with van der Waals surface area (Å²) in [5, 5.41) is 11.7. The minimum absolute atomic E-state index is 0.0386. The highest BCUT2D eigenvalue weighted by Gasteiger charge is 2.03. The molecule has 0 aliphatic heterocycles. The summed E-state index contributed by atoms with van der Waals surface area (Å²) in [5.74, 6) is 0. The molecule has 0 unspecified atom stereocenters. The van der Waals surface area contributed by atoms with E-state index in [1.165, 1.54) is 4.80 Å². The van der Waals surface area contributed by atoms with Gasteiger partial charge < -0.3 is 5.32 Å². The third kappa shape index (κ3) is 2.42. The van der Waals surface area contributed by atoms with E-state index in [4.69, 9.17) is 6.85 Å². The number of benzene rings is 3. The molecule has 3 aromatic carbocycles. The van der Waals surface area contributed by atoms with E-state index in [-0.39, 0.29) is 29.9 Å². The number of fused-ring (bicyclic) bond motifs is 1. The van der Waals surface area contributed by atoms with Crippen LogP contribution in [0.5, 0.6) is 0 Å². The highest BCUT2D eigenvalue weighted by Crippen LogP contribution is 2.18. The van der Waals surface area contributed by atoms with Crippen LogP contribution in [0.4, 0.5) is 11.4 Å². The van der Waals surface area contributed by atoms with Crippen LogP contribution in [0.25, 0.3) is 16.7 Å². The topological polar surface area (TPSA) is 42.7 Å². The molecular formula is C18H14N4. The Labute approximate surface area is 135 Å². The van der Waals surface area contributed by atoms with Gasteiger partial charge in [0.05, 0.1) is 12.5 Å². The first kappa shape index (κ1) is 8.34. The van der Waals surface area contributed by atoms with Gasteiger partial charge in [0, 0.05) is 11.4 Å². The zero-order valence-electron chi connectivity index (χ0n) is 16.5. The second kappa shape index (κ2) is 5.33. The van der Waals surface area contributed by atoms with Gasteiger partial charge in [-0.05, 0) is 48.5 Å². The number of rotatable bonds is 3. The van der Waals surface area contributed by atoms with Crippen molar-refractivity contribution in [1.82, 2.24) is 15.0 Å². The maximum atomic E-state index is 7.96. The average molecular weight is 291 g/mol. The molecule has 0 radical (unpaired) electrons. The van der Waals surface area contributed by atoms with Crippen molar-refractivity contribution in [3.63, 3.8) is 0 Å². The molecule has 0 aliphatic carbocycles. The average Bonchev–Trinajstić information content (AvgIpc) is 3.13. The van der Waals surface area contributed by atoms with Crippen molar-refractivity contribution >= 4 is 22.4 Å². The van der Waals surface area contributed by atoms with Crippen LogP contribution in [0.1, 0.15) is 6.85 Å². The third-order valence-corrected chi connectivity index (χ3v) is 3.15. The Morgan fingerprint density at radius 2 is 1.41 bits per heavy atom. The van der Waals surface area contributed by atoms with Gasteiger partial charge >= 0.3 is 0 Å². The Bertz CT molecular complexity index is 1090. The largest absolute Gasteiger partial charge is 0.356 e. The van der Waals surface area contributed by atoms with Crippen LogP contribution in [0.2, 0.25) is 0 Å². The van der Waals surface area contributed by atoms with Crippen molar-refractivity contribution in [1.29, 1.82) is 0 Å². The lowest BCUT2D eigenvalue weighted by atomic mass is 10.2. The van der Waals surface area contributed by atoms with E-state index >= 15 is 0 Å². The van der Waals surface area contributed by atoms with Crippen LogP contribution < -0.4 is 5.32 Å². The van der Waals surface area contributed by atoms with E-state index in [2.05, 4.69) is 15.5 Å². The summed E-state index contributed by atoms with van der Waals surface area (Å²) in [5.41, 5.74) is 2.96. The molecule has 4 aromatic rings. The number of para-hydroxylation sites is 1. The van der Waals surface area contributed by atoms with Gasteiger partial charge in [-0.25, -0.2) is 0 Å². The van der Waals surface area contributed by atoms with Crippen LogP contribution in [0.3, 0.4) is 0 Å². The molecule has 4 heteroatoms. The molecule has 4 rings (SSSR count). The number of anilines is 2. The monoisotopic (exact) mass is 291 g/mol. The molecule has 1 heterocycles. The van der Waals surface area contributed by atoms with Gasteiger partial charge in [0.15, 0.2) is 0 Å². The van der Waals surface area contributed by atoms with Gasteiger partial charge in [0.2, 0.25) is 0 Å². The summed E-state index contributed by atoms with van der Waals surface area (Å²) < 4.78 is 39.0. The maximum Gasteiger partial charge on any atom is 0.113 e. The fraction of sp³-hybridized carbons (Fsp3) is 0. The standard InChI is InChI=1S/C18H14N4/c1-2-6-14(7-3-1)19-15-10-12-16(13-11-15)22-20-17-8-4-5-9-18(17)21-22/h1-13,19H/i1D,2D,3D,6D,7D. The summed E-state index contributed by atoms with van der Waals surface area (Å²) in [7, 11) is 0. The second-order valence-corrected chi connectivity index (χ2v) is 4.65. The molecule has 0 bridgehead atoms. The lowest BCUT2D eigenvalue weighted by molar-refractivity contribution is 0.766. The molecule has 106 valence electrons. The fourth-order valence-electron chi connectivity index (χ4n) is 2.11. The molecule has 0 spiro atoms. The third-order valence-electron chi connectivity index (χ3n) is 3.15. The molecule has 0 atom stereocenters. The summed E-state index contributed by atoms with van der Waals surface area (Å²) in [4.78, 5) is 1.53. The number of aromatic nitrogens is 3. The lowest BCUT2D eigenvalue weighted by Gasteiger charge is -2.06. The molecule has 1 aromatic heterocycles. The predicted octanol–water partition coefficient (Wildman–Crippen LogP) is 4.16. The van der Waals surface area contributed by atoms with E-state index in [1.807, 2.05) is 24.3 Å². The van der Waals surface area contributed by atoms with E-state index in [9.17, 15) is 0 Å². The highest BCUT2D eigenvalue weighted by molar-refractivity contribution is 5.73. The van der Waals surface area contributed by atoms with E-state index in [0.29, 0.717) is 5.69 Å². The number of nitrogens with zero attached hydrogens (tertiary/aromatic N) is 3.